The van der Waals surface area contributed by atoms with E-state index in [1.165, 1.54) is 5.57 Å². The number of aliphatic hydroxyl groups excluding tert-OH is 6. The molecule has 5 aliphatic rings. The third-order valence-electron chi connectivity index (χ3n) is 14.4. The minimum absolute atomic E-state index is 0.0548. The van der Waals surface area contributed by atoms with Crippen LogP contribution in [0.2, 0.25) is 0 Å². The van der Waals surface area contributed by atoms with Crippen molar-refractivity contribution in [1.82, 2.24) is 0 Å². The first-order valence-electron chi connectivity index (χ1n) is 17.4. The lowest BCUT2D eigenvalue weighted by Gasteiger charge is -2.72. The van der Waals surface area contributed by atoms with Gasteiger partial charge in [0.05, 0.1) is 30.5 Å². The molecule has 0 aromatic carbocycles. The zero-order valence-corrected chi connectivity index (χ0v) is 28.8. The molecule has 1 heterocycles. The molecule has 0 radical (unpaired) electrons. The Bertz CT molecular complexity index is 1100. The highest BCUT2D eigenvalue weighted by atomic mass is 16.7. The van der Waals surface area contributed by atoms with Crippen molar-refractivity contribution in [2.45, 2.75) is 161 Å². The Hall–Kier alpha value is -0.620. The molecule has 4 aliphatic carbocycles. The minimum atomic E-state index is -1.54. The summed E-state index contributed by atoms with van der Waals surface area (Å²) in [6.45, 7) is 16.6. The van der Waals surface area contributed by atoms with Crippen molar-refractivity contribution >= 4 is 0 Å². The molecule has 7 unspecified atom stereocenters. The largest absolute Gasteiger partial charge is 0.394 e. The number of aliphatic hydroxyl groups is 7. The molecule has 0 spiro atoms. The minimum Gasteiger partial charge on any atom is -0.394 e. The van der Waals surface area contributed by atoms with Gasteiger partial charge in [-0.05, 0) is 117 Å². The summed E-state index contributed by atoms with van der Waals surface area (Å²) in [5.41, 5.74) is -1.21. The van der Waals surface area contributed by atoms with Gasteiger partial charge in [-0.1, -0.05) is 46.3 Å². The summed E-state index contributed by atoms with van der Waals surface area (Å²) in [6, 6.07) is 0. The first kappa shape index (κ1) is 35.7. The Kier molecular flexibility index (Phi) is 9.56. The quantitative estimate of drug-likeness (QED) is 0.164. The Morgan fingerprint density at radius 3 is 2.22 bits per heavy atom. The maximum absolute atomic E-state index is 12.1. The van der Waals surface area contributed by atoms with Crippen LogP contribution in [0.4, 0.5) is 0 Å². The monoisotopic (exact) mass is 638 g/mol. The van der Waals surface area contributed by atoms with Gasteiger partial charge in [0.25, 0.3) is 0 Å². The molecule has 9 nitrogen and oxygen atoms in total. The van der Waals surface area contributed by atoms with Crippen LogP contribution in [0.25, 0.3) is 0 Å². The van der Waals surface area contributed by atoms with Crippen molar-refractivity contribution in [3.05, 3.63) is 11.6 Å². The van der Waals surface area contributed by atoms with Crippen LogP contribution in [0.15, 0.2) is 11.6 Å². The van der Waals surface area contributed by atoms with Gasteiger partial charge < -0.3 is 45.2 Å². The van der Waals surface area contributed by atoms with Crippen LogP contribution in [0, 0.1) is 45.3 Å². The number of allylic oxidation sites excluding steroid dienone is 2. The van der Waals surface area contributed by atoms with E-state index in [9.17, 15) is 35.7 Å². The average molecular weight is 639 g/mol. The summed E-state index contributed by atoms with van der Waals surface area (Å²) in [5.74, 6) is -0.186. The first-order chi connectivity index (χ1) is 20.8. The fraction of sp³-hybridized carbons (Fsp3) is 0.944. The van der Waals surface area contributed by atoms with Gasteiger partial charge >= 0.3 is 0 Å². The van der Waals surface area contributed by atoms with E-state index in [1.807, 2.05) is 6.92 Å². The van der Waals surface area contributed by atoms with Gasteiger partial charge in [-0.3, -0.25) is 0 Å². The Morgan fingerprint density at radius 2 is 1.60 bits per heavy atom. The summed E-state index contributed by atoms with van der Waals surface area (Å²) < 4.78 is 12.6. The Labute approximate surface area is 270 Å². The van der Waals surface area contributed by atoms with E-state index in [2.05, 4.69) is 54.5 Å². The van der Waals surface area contributed by atoms with Gasteiger partial charge in [0.15, 0.2) is 6.29 Å². The molecular formula is C36H62O9. The second-order valence-electron chi connectivity index (χ2n) is 17.5. The number of hydrogen-bond donors (Lipinski definition) is 7. The van der Waals surface area contributed by atoms with Gasteiger partial charge in [0.1, 0.15) is 24.4 Å². The fourth-order valence-corrected chi connectivity index (χ4v) is 11.9. The molecule has 0 aromatic rings. The molecule has 16 atom stereocenters. The summed E-state index contributed by atoms with van der Waals surface area (Å²) in [7, 11) is 0. The molecule has 7 N–H and O–H groups in total. The second kappa shape index (κ2) is 12.1. The highest BCUT2D eigenvalue weighted by molar-refractivity contribution is 5.22. The molecule has 4 saturated carbocycles. The van der Waals surface area contributed by atoms with Crippen LogP contribution in [0.3, 0.4) is 0 Å². The zero-order valence-electron chi connectivity index (χ0n) is 28.8. The average Bonchev–Trinajstić information content (AvgIpc) is 3.33. The van der Waals surface area contributed by atoms with Crippen LogP contribution < -0.4 is 0 Å². The van der Waals surface area contributed by atoms with Gasteiger partial charge in [0.2, 0.25) is 0 Å². The van der Waals surface area contributed by atoms with Crippen molar-refractivity contribution in [3.63, 3.8) is 0 Å². The van der Waals surface area contributed by atoms with Crippen LogP contribution in [0.1, 0.15) is 107 Å². The van der Waals surface area contributed by atoms with Crippen molar-refractivity contribution in [1.29, 1.82) is 0 Å². The van der Waals surface area contributed by atoms with E-state index >= 15 is 0 Å². The van der Waals surface area contributed by atoms with E-state index in [-0.39, 0.29) is 39.9 Å². The fourth-order valence-electron chi connectivity index (χ4n) is 11.9. The van der Waals surface area contributed by atoms with Crippen LogP contribution in [-0.4, -0.2) is 97.0 Å². The highest BCUT2D eigenvalue weighted by Crippen LogP contribution is 2.76. The predicted octanol–water partition coefficient (Wildman–Crippen LogP) is 3.30. The molecule has 260 valence electrons. The Balaban J connectivity index is 1.54. The lowest BCUT2D eigenvalue weighted by atomic mass is 9.34. The number of fused-ring (bicyclic) bond motifs is 5. The van der Waals surface area contributed by atoms with Gasteiger partial charge in [-0.2, -0.15) is 0 Å². The lowest BCUT2D eigenvalue weighted by molar-refractivity contribution is -0.346. The summed E-state index contributed by atoms with van der Waals surface area (Å²) in [4.78, 5) is 0. The summed E-state index contributed by atoms with van der Waals surface area (Å²) >= 11 is 0. The van der Waals surface area contributed by atoms with Crippen LogP contribution in [-0.2, 0) is 9.47 Å². The molecule has 0 bridgehead atoms. The number of rotatable bonds is 7. The molecular weight excluding hydrogens is 576 g/mol. The maximum Gasteiger partial charge on any atom is 0.186 e. The topological polar surface area (TPSA) is 160 Å². The second-order valence-corrected chi connectivity index (χ2v) is 17.5. The van der Waals surface area contributed by atoms with Crippen molar-refractivity contribution in [3.8, 4) is 0 Å². The van der Waals surface area contributed by atoms with Crippen molar-refractivity contribution < 1.29 is 45.2 Å². The highest BCUT2D eigenvalue weighted by Gasteiger charge is 2.73. The lowest BCUT2D eigenvalue weighted by Crippen LogP contribution is -2.71. The summed E-state index contributed by atoms with van der Waals surface area (Å²) in [5, 5.41) is 77.2. The van der Waals surface area contributed by atoms with E-state index in [0.717, 1.165) is 25.7 Å². The maximum atomic E-state index is 12.1. The molecule has 5 fully saturated rings. The molecule has 0 amide bonds. The normalized spacial score (nSPS) is 52.2. The zero-order chi connectivity index (χ0) is 33.5. The Morgan fingerprint density at radius 1 is 0.933 bits per heavy atom. The molecule has 0 aromatic heterocycles. The third-order valence-corrected chi connectivity index (χ3v) is 14.4. The van der Waals surface area contributed by atoms with Gasteiger partial charge in [-0.15, -0.1) is 0 Å². The standard InChI is InChI=1S/C36H62O9/c1-19(2)10-9-13-36(8,43)20-11-15-34(6)26(20)21(38)16-24-33(5)14-12-25(39)32(3,4)30(33)22(17-35(24,34)7)44-31-29(42)28(41)27(40)23(18-37)45-31/h10,20-31,37-43H,9,11-18H2,1-8H3/t20-,21?,22?,23?,24-,25?,26+,27?,28?,29?,30+,31-,33+,34-,35+,36-/m1/s1. The molecule has 9 heteroatoms. The number of ether oxygens (including phenoxy) is 2. The number of hydrogen-bond acceptors (Lipinski definition) is 9. The smallest absolute Gasteiger partial charge is 0.186 e. The SMILES string of the molecule is CC(C)=CCC[C@@](C)(O)[C@@H]1CC[C@]2(C)[C@@H]1C(O)C[C@@H]1[C@]3(C)CCC(O)C(C)(C)[C@@H]3C(O[C@@H]3OC(CO)C(O)C(O)C3O)C[C@@]12C. The van der Waals surface area contributed by atoms with E-state index < -0.39 is 66.6 Å². The van der Waals surface area contributed by atoms with E-state index in [4.69, 9.17) is 9.47 Å². The third kappa shape index (κ3) is 5.48. The first-order valence-corrected chi connectivity index (χ1v) is 17.4. The summed E-state index contributed by atoms with van der Waals surface area (Å²) in [6.07, 6.45) is -0.603. The predicted molar refractivity (Wildman–Crippen MR) is 170 cm³/mol. The van der Waals surface area contributed by atoms with Crippen molar-refractivity contribution in [2.75, 3.05) is 6.61 Å². The molecule has 5 rings (SSSR count). The van der Waals surface area contributed by atoms with Crippen LogP contribution >= 0.6 is 0 Å². The molecule has 1 saturated heterocycles. The van der Waals surface area contributed by atoms with Gasteiger partial charge in [0, 0.05) is 0 Å². The van der Waals surface area contributed by atoms with Crippen LogP contribution in [0.5, 0.6) is 0 Å². The molecule has 1 aliphatic heterocycles. The van der Waals surface area contributed by atoms with Crippen molar-refractivity contribution in [2.24, 2.45) is 45.3 Å². The van der Waals surface area contributed by atoms with E-state index in [1.54, 1.807) is 0 Å². The van der Waals surface area contributed by atoms with E-state index in [0.29, 0.717) is 25.7 Å². The van der Waals surface area contributed by atoms with Gasteiger partial charge in [-0.25, -0.2) is 0 Å². The molecule has 45 heavy (non-hydrogen) atoms.